The van der Waals surface area contributed by atoms with Crippen LogP contribution in [0.5, 0.6) is 0 Å². The molecule has 1 aromatic carbocycles. The summed E-state index contributed by atoms with van der Waals surface area (Å²) < 4.78 is 0. The fourth-order valence-corrected chi connectivity index (χ4v) is 2.89. The lowest BCUT2D eigenvalue weighted by Crippen LogP contribution is -2.46. The van der Waals surface area contributed by atoms with Gasteiger partial charge in [0, 0.05) is 36.9 Å². The number of unbranched alkanes of at least 4 members (excludes halogenated alkanes) is 1. The molecule has 1 aliphatic rings. The molecule has 21 heavy (non-hydrogen) atoms. The smallest absolute Gasteiger partial charge is 0.0407 e. The molecule has 1 fully saturated rings. The molecular formula is C17H28ClN3. The molecule has 0 spiro atoms. The Kier molecular flexibility index (Phi) is 7.34. The molecule has 0 radical (unpaired) electrons. The molecule has 0 atom stereocenters. The van der Waals surface area contributed by atoms with E-state index in [-0.39, 0.29) is 0 Å². The molecule has 1 saturated heterocycles. The van der Waals surface area contributed by atoms with Crippen LogP contribution in [0.4, 0.5) is 5.69 Å². The van der Waals surface area contributed by atoms with Crippen LogP contribution in [0.2, 0.25) is 5.02 Å². The normalized spacial score (nSPS) is 16.4. The number of rotatable bonds is 8. The molecule has 2 rings (SSSR count). The van der Waals surface area contributed by atoms with E-state index in [0.717, 1.165) is 24.7 Å². The van der Waals surface area contributed by atoms with Crippen molar-refractivity contribution in [2.75, 3.05) is 50.7 Å². The van der Waals surface area contributed by atoms with Gasteiger partial charge in [0.2, 0.25) is 0 Å². The van der Waals surface area contributed by atoms with Gasteiger partial charge in [-0.2, -0.15) is 0 Å². The average molecular weight is 310 g/mol. The topological polar surface area (TPSA) is 18.5 Å². The van der Waals surface area contributed by atoms with Crippen molar-refractivity contribution in [3.8, 4) is 0 Å². The second kappa shape index (κ2) is 9.29. The van der Waals surface area contributed by atoms with E-state index >= 15 is 0 Å². The summed E-state index contributed by atoms with van der Waals surface area (Å²) in [6.07, 6.45) is 3.82. The van der Waals surface area contributed by atoms with Crippen molar-refractivity contribution in [3.05, 3.63) is 29.3 Å². The Labute approximate surface area is 134 Å². The summed E-state index contributed by atoms with van der Waals surface area (Å²) >= 11 is 5.94. The highest BCUT2D eigenvalue weighted by molar-refractivity contribution is 6.30. The minimum atomic E-state index is 0.814. The van der Waals surface area contributed by atoms with Gasteiger partial charge in [0.1, 0.15) is 0 Å². The summed E-state index contributed by atoms with van der Waals surface area (Å²) in [6.45, 7) is 10.4. The highest BCUT2D eigenvalue weighted by Gasteiger charge is 2.16. The molecule has 1 heterocycles. The van der Waals surface area contributed by atoms with Crippen LogP contribution in [0, 0.1) is 0 Å². The first-order chi connectivity index (χ1) is 10.3. The molecule has 0 aromatic heterocycles. The minimum absolute atomic E-state index is 0.814. The third kappa shape index (κ3) is 5.85. The number of benzene rings is 1. The summed E-state index contributed by atoms with van der Waals surface area (Å²) in [5, 5.41) is 4.28. The fraction of sp³-hybridized carbons (Fsp3) is 0.647. The van der Waals surface area contributed by atoms with Gasteiger partial charge >= 0.3 is 0 Å². The Balaban J connectivity index is 1.61. The van der Waals surface area contributed by atoms with Crippen molar-refractivity contribution in [1.82, 2.24) is 10.2 Å². The van der Waals surface area contributed by atoms with Gasteiger partial charge in [-0.15, -0.1) is 0 Å². The SMILES string of the molecule is CCCNCCCCN1CCN(c2ccc(Cl)cc2)CC1. The quantitative estimate of drug-likeness (QED) is 0.744. The molecule has 0 unspecified atom stereocenters. The van der Waals surface area contributed by atoms with E-state index in [2.05, 4.69) is 34.2 Å². The van der Waals surface area contributed by atoms with Crippen molar-refractivity contribution >= 4 is 17.3 Å². The molecule has 0 saturated carbocycles. The molecule has 0 amide bonds. The summed E-state index contributed by atoms with van der Waals surface area (Å²) in [5.41, 5.74) is 1.29. The van der Waals surface area contributed by atoms with Crippen molar-refractivity contribution in [1.29, 1.82) is 0 Å². The van der Waals surface area contributed by atoms with Crippen molar-refractivity contribution in [2.24, 2.45) is 0 Å². The van der Waals surface area contributed by atoms with Gasteiger partial charge in [-0.1, -0.05) is 18.5 Å². The summed E-state index contributed by atoms with van der Waals surface area (Å²) in [7, 11) is 0. The van der Waals surface area contributed by atoms with E-state index < -0.39 is 0 Å². The number of nitrogens with zero attached hydrogens (tertiary/aromatic N) is 2. The summed E-state index contributed by atoms with van der Waals surface area (Å²) in [5.74, 6) is 0. The fourth-order valence-electron chi connectivity index (χ4n) is 2.77. The number of piperazine rings is 1. The largest absolute Gasteiger partial charge is 0.369 e. The number of hydrogen-bond donors (Lipinski definition) is 1. The van der Waals surface area contributed by atoms with Crippen LogP contribution in [0.15, 0.2) is 24.3 Å². The lowest BCUT2D eigenvalue weighted by molar-refractivity contribution is 0.252. The standard InChI is InChI=1S/C17H28ClN3/c1-2-9-19-10-3-4-11-20-12-14-21(15-13-20)17-7-5-16(18)6-8-17/h5-8,19H,2-4,9-15H2,1H3. The number of hydrogen-bond acceptors (Lipinski definition) is 3. The lowest BCUT2D eigenvalue weighted by Gasteiger charge is -2.36. The van der Waals surface area contributed by atoms with Gasteiger partial charge < -0.3 is 10.2 Å². The second-order valence-corrected chi connectivity index (χ2v) is 6.20. The molecule has 0 bridgehead atoms. The van der Waals surface area contributed by atoms with Crippen molar-refractivity contribution in [2.45, 2.75) is 26.2 Å². The zero-order chi connectivity index (χ0) is 14.9. The van der Waals surface area contributed by atoms with E-state index in [9.17, 15) is 0 Å². The maximum absolute atomic E-state index is 5.94. The number of nitrogens with one attached hydrogen (secondary N) is 1. The molecule has 1 aromatic rings. The van der Waals surface area contributed by atoms with Crippen LogP contribution in [-0.2, 0) is 0 Å². The van der Waals surface area contributed by atoms with E-state index in [1.54, 1.807) is 0 Å². The van der Waals surface area contributed by atoms with Gasteiger partial charge in [-0.3, -0.25) is 4.90 Å². The Hall–Kier alpha value is -0.770. The Morgan fingerprint density at radius 2 is 1.71 bits per heavy atom. The Morgan fingerprint density at radius 1 is 1.00 bits per heavy atom. The first-order valence-corrected chi connectivity index (χ1v) is 8.61. The van der Waals surface area contributed by atoms with Crippen molar-refractivity contribution in [3.63, 3.8) is 0 Å². The maximum atomic E-state index is 5.94. The maximum Gasteiger partial charge on any atom is 0.0407 e. The number of anilines is 1. The summed E-state index contributed by atoms with van der Waals surface area (Å²) in [6, 6.07) is 8.20. The van der Waals surface area contributed by atoms with E-state index in [4.69, 9.17) is 11.6 Å². The van der Waals surface area contributed by atoms with Crippen molar-refractivity contribution < 1.29 is 0 Å². The molecular weight excluding hydrogens is 282 g/mol. The molecule has 3 nitrogen and oxygen atoms in total. The van der Waals surface area contributed by atoms with Crippen LogP contribution >= 0.6 is 11.6 Å². The highest BCUT2D eigenvalue weighted by Crippen LogP contribution is 2.19. The molecule has 118 valence electrons. The van der Waals surface area contributed by atoms with E-state index in [1.165, 1.54) is 51.1 Å². The highest BCUT2D eigenvalue weighted by atomic mass is 35.5. The van der Waals surface area contributed by atoms with Crippen LogP contribution in [0.1, 0.15) is 26.2 Å². The average Bonchev–Trinajstić information content (AvgIpc) is 2.52. The first kappa shape index (κ1) is 16.6. The molecule has 1 N–H and O–H groups in total. The first-order valence-electron chi connectivity index (χ1n) is 8.23. The zero-order valence-electron chi connectivity index (χ0n) is 13.2. The second-order valence-electron chi connectivity index (χ2n) is 5.76. The third-order valence-corrected chi connectivity index (χ3v) is 4.32. The van der Waals surface area contributed by atoms with Crippen LogP contribution in [0.3, 0.4) is 0 Å². The minimum Gasteiger partial charge on any atom is -0.369 e. The molecule has 4 heteroatoms. The Morgan fingerprint density at radius 3 is 2.38 bits per heavy atom. The predicted molar refractivity (Wildman–Crippen MR) is 92.5 cm³/mol. The zero-order valence-corrected chi connectivity index (χ0v) is 13.9. The Bertz CT molecular complexity index is 386. The van der Waals surface area contributed by atoms with Gasteiger partial charge in [0.05, 0.1) is 0 Å². The lowest BCUT2D eigenvalue weighted by atomic mass is 10.2. The summed E-state index contributed by atoms with van der Waals surface area (Å²) in [4.78, 5) is 5.04. The third-order valence-electron chi connectivity index (χ3n) is 4.07. The molecule has 0 aliphatic carbocycles. The molecule has 1 aliphatic heterocycles. The number of halogens is 1. The van der Waals surface area contributed by atoms with Crippen LogP contribution in [-0.4, -0.2) is 50.7 Å². The monoisotopic (exact) mass is 309 g/mol. The van der Waals surface area contributed by atoms with Gasteiger partial charge in [-0.25, -0.2) is 0 Å². The van der Waals surface area contributed by atoms with E-state index in [0.29, 0.717) is 0 Å². The van der Waals surface area contributed by atoms with Crippen LogP contribution < -0.4 is 10.2 Å². The predicted octanol–water partition coefficient (Wildman–Crippen LogP) is 3.24. The van der Waals surface area contributed by atoms with Gasteiger partial charge in [0.15, 0.2) is 0 Å². The van der Waals surface area contributed by atoms with Crippen LogP contribution in [0.25, 0.3) is 0 Å². The van der Waals surface area contributed by atoms with E-state index in [1.807, 2.05) is 12.1 Å². The van der Waals surface area contributed by atoms with Gasteiger partial charge in [-0.05, 0) is 63.2 Å². The van der Waals surface area contributed by atoms with Gasteiger partial charge in [0.25, 0.3) is 0 Å².